The summed E-state index contributed by atoms with van der Waals surface area (Å²) in [5.41, 5.74) is 1.34. The third-order valence-corrected chi connectivity index (χ3v) is 4.53. The molecule has 0 saturated carbocycles. The van der Waals surface area contributed by atoms with E-state index in [1.54, 1.807) is 28.9 Å². The zero-order valence-corrected chi connectivity index (χ0v) is 16.3. The van der Waals surface area contributed by atoms with Crippen LogP contribution in [0.15, 0.2) is 36.5 Å². The fourth-order valence-electron chi connectivity index (χ4n) is 2.82. The van der Waals surface area contributed by atoms with Crippen LogP contribution in [0.1, 0.15) is 36.8 Å². The van der Waals surface area contributed by atoms with Crippen molar-refractivity contribution >= 4 is 17.5 Å². The van der Waals surface area contributed by atoms with Gasteiger partial charge in [0.15, 0.2) is 5.69 Å². The smallest absolute Gasteiger partial charge is 0.348 e. The van der Waals surface area contributed by atoms with Gasteiger partial charge in [-0.2, -0.15) is 18.3 Å². The summed E-state index contributed by atoms with van der Waals surface area (Å²) in [7, 11) is 0. The molecule has 2 aromatic heterocycles. The minimum absolute atomic E-state index is 0.101. The molecular weight excluding hydrogens is 391 g/mol. The first-order valence-corrected chi connectivity index (χ1v) is 9.08. The van der Waals surface area contributed by atoms with Gasteiger partial charge in [0, 0.05) is 28.9 Å². The van der Waals surface area contributed by atoms with Crippen LogP contribution < -0.4 is 5.32 Å². The Bertz CT molecular complexity index is 967. The van der Waals surface area contributed by atoms with E-state index in [1.807, 2.05) is 27.0 Å². The Morgan fingerprint density at radius 2 is 1.86 bits per heavy atom. The maximum atomic E-state index is 13.3. The van der Waals surface area contributed by atoms with Crippen LogP contribution in [0.3, 0.4) is 0 Å². The van der Waals surface area contributed by atoms with E-state index in [0.29, 0.717) is 17.1 Å². The first kappa shape index (κ1) is 20.1. The Hall–Kier alpha value is -2.61. The molecule has 0 amide bonds. The maximum Gasteiger partial charge on any atom is 0.433 e. The standard InChI is InChI=1S/C19H19ClF3N5/c1-4-28-10-15(12(3)27-28)11(2)24-18-25-16(9-17(26-18)19(21,22)23)13-5-7-14(20)8-6-13/h5-11H,4H2,1-3H3,(H,24,25,26)/t11-/m0/s1. The molecule has 1 aromatic carbocycles. The lowest BCUT2D eigenvalue weighted by molar-refractivity contribution is -0.141. The second-order valence-electron chi connectivity index (χ2n) is 6.36. The van der Waals surface area contributed by atoms with E-state index in [-0.39, 0.29) is 17.7 Å². The van der Waals surface area contributed by atoms with E-state index in [2.05, 4.69) is 20.4 Å². The molecule has 0 aliphatic heterocycles. The Balaban J connectivity index is 1.98. The van der Waals surface area contributed by atoms with Crippen molar-refractivity contribution in [3.05, 3.63) is 58.5 Å². The minimum atomic E-state index is -4.59. The molecule has 0 aliphatic rings. The summed E-state index contributed by atoms with van der Waals surface area (Å²) in [6.07, 6.45) is -2.73. The average Bonchev–Trinajstić information content (AvgIpc) is 3.02. The third kappa shape index (κ3) is 4.44. The predicted octanol–water partition coefficient (Wildman–Crippen LogP) is 5.51. The largest absolute Gasteiger partial charge is 0.433 e. The summed E-state index contributed by atoms with van der Waals surface area (Å²) in [4.78, 5) is 7.95. The van der Waals surface area contributed by atoms with Crippen LogP contribution in [0.4, 0.5) is 19.1 Å². The quantitative estimate of drug-likeness (QED) is 0.603. The van der Waals surface area contributed by atoms with Crippen molar-refractivity contribution in [2.24, 2.45) is 0 Å². The summed E-state index contributed by atoms with van der Waals surface area (Å²) in [6.45, 7) is 6.35. The highest BCUT2D eigenvalue weighted by Gasteiger charge is 2.34. The number of aryl methyl sites for hydroxylation is 2. The normalized spacial score (nSPS) is 12.8. The molecule has 28 heavy (non-hydrogen) atoms. The molecule has 5 nitrogen and oxygen atoms in total. The average molecular weight is 410 g/mol. The Labute approximate surface area is 165 Å². The number of nitrogens with one attached hydrogen (secondary N) is 1. The number of aromatic nitrogens is 4. The number of anilines is 1. The molecule has 0 aliphatic carbocycles. The van der Waals surface area contributed by atoms with Gasteiger partial charge in [0.05, 0.1) is 17.4 Å². The van der Waals surface area contributed by atoms with Gasteiger partial charge in [0.1, 0.15) is 0 Å². The van der Waals surface area contributed by atoms with Crippen molar-refractivity contribution in [2.75, 3.05) is 5.32 Å². The number of rotatable bonds is 5. The number of alkyl halides is 3. The van der Waals surface area contributed by atoms with Gasteiger partial charge >= 0.3 is 6.18 Å². The highest BCUT2D eigenvalue weighted by atomic mass is 35.5. The van der Waals surface area contributed by atoms with Gasteiger partial charge < -0.3 is 5.32 Å². The predicted molar refractivity (Wildman–Crippen MR) is 102 cm³/mol. The van der Waals surface area contributed by atoms with Crippen LogP contribution in [0, 0.1) is 6.92 Å². The van der Waals surface area contributed by atoms with E-state index in [0.717, 1.165) is 17.3 Å². The van der Waals surface area contributed by atoms with Crippen molar-refractivity contribution in [2.45, 2.75) is 39.5 Å². The van der Waals surface area contributed by atoms with Crippen molar-refractivity contribution < 1.29 is 13.2 Å². The summed E-state index contributed by atoms with van der Waals surface area (Å²) < 4.78 is 41.8. The first-order valence-electron chi connectivity index (χ1n) is 8.70. The summed E-state index contributed by atoms with van der Waals surface area (Å²) in [5.74, 6) is -0.101. The van der Waals surface area contributed by atoms with Gasteiger partial charge in [-0.05, 0) is 39.0 Å². The fraction of sp³-hybridized carbons (Fsp3) is 0.316. The molecule has 9 heteroatoms. The zero-order chi connectivity index (χ0) is 20.5. The molecule has 0 fully saturated rings. The van der Waals surface area contributed by atoms with Crippen LogP contribution in [-0.4, -0.2) is 19.7 Å². The summed E-state index contributed by atoms with van der Waals surface area (Å²) >= 11 is 5.87. The highest BCUT2D eigenvalue weighted by Crippen LogP contribution is 2.32. The van der Waals surface area contributed by atoms with E-state index in [4.69, 9.17) is 11.6 Å². The van der Waals surface area contributed by atoms with Crippen LogP contribution in [0.2, 0.25) is 5.02 Å². The fourth-order valence-corrected chi connectivity index (χ4v) is 2.94. The first-order chi connectivity index (χ1) is 13.2. The molecule has 0 spiro atoms. The Morgan fingerprint density at radius 3 is 2.43 bits per heavy atom. The lowest BCUT2D eigenvalue weighted by atomic mass is 10.1. The van der Waals surface area contributed by atoms with Gasteiger partial charge in [-0.25, -0.2) is 9.97 Å². The van der Waals surface area contributed by atoms with Crippen molar-refractivity contribution in [3.63, 3.8) is 0 Å². The summed E-state index contributed by atoms with van der Waals surface area (Å²) in [6, 6.07) is 7.05. The molecule has 1 N–H and O–H groups in total. The topological polar surface area (TPSA) is 55.6 Å². The number of hydrogen-bond donors (Lipinski definition) is 1. The Kier molecular flexibility index (Phi) is 5.60. The molecule has 0 bridgehead atoms. The van der Waals surface area contributed by atoms with E-state index >= 15 is 0 Å². The van der Waals surface area contributed by atoms with E-state index in [9.17, 15) is 13.2 Å². The molecule has 0 saturated heterocycles. The maximum absolute atomic E-state index is 13.3. The van der Waals surface area contributed by atoms with Gasteiger partial charge in [-0.15, -0.1) is 0 Å². The van der Waals surface area contributed by atoms with Gasteiger partial charge in [-0.1, -0.05) is 23.7 Å². The van der Waals surface area contributed by atoms with E-state index in [1.165, 1.54) is 0 Å². The van der Waals surface area contributed by atoms with Crippen molar-refractivity contribution in [1.29, 1.82) is 0 Å². The van der Waals surface area contributed by atoms with Crippen molar-refractivity contribution in [1.82, 2.24) is 19.7 Å². The number of nitrogens with zero attached hydrogens (tertiary/aromatic N) is 4. The van der Waals surface area contributed by atoms with Gasteiger partial charge in [0.2, 0.25) is 5.95 Å². The van der Waals surface area contributed by atoms with Gasteiger partial charge in [0.25, 0.3) is 0 Å². The second-order valence-corrected chi connectivity index (χ2v) is 6.79. The number of benzene rings is 1. The molecule has 2 heterocycles. The van der Waals surface area contributed by atoms with Crippen LogP contribution in [0.5, 0.6) is 0 Å². The lowest BCUT2D eigenvalue weighted by Crippen LogP contribution is -2.15. The SMILES string of the molecule is CCn1cc([C@H](C)Nc2nc(-c3ccc(Cl)cc3)cc(C(F)(F)F)n2)c(C)n1. The lowest BCUT2D eigenvalue weighted by Gasteiger charge is -2.16. The molecule has 148 valence electrons. The molecule has 0 radical (unpaired) electrons. The van der Waals surface area contributed by atoms with Gasteiger partial charge in [-0.3, -0.25) is 4.68 Å². The summed E-state index contributed by atoms with van der Waals surface area (Å²) in [5, 5.41) is 7.82. The molecule has 0 unspecified atom stereocenters. The van der Waals surface area contributed by atoms with Crippen LogP contribution >= 0.6 is 11.6 Å². The number of halogens is 4. The van der Waals surface area contributed by atoms with E-state index < -0.39 is 11.9 Å². The van der Waals surface area contributed by atoms with Crippen LogP contribution in [-0.2, 0) is 12.7 Å². The number of hydrogen-bond acceptors (Lipinski definition) is 4. The third-order valence-electron chi connectivity index (χ3n) is 4.28. The molecule has 3 rings (SSSR count). The highest BCUT2D eigenvalue weighted by molar-refractivity contribution is 6.30. The molecule has 1 atom stereocenters. The zero-order valence-electron chi connectivity index (χ0n) is 15.5. The monoisotopic (exact) mass is 409 g/mol. The minimum Gasteiger partial charge on any atom is -0.348 e. The molecule has 3 aromatic rings. The van der Waals surface area contributed by atoms with Crippen LogP contribution in [0.25, 0.3) is 11.3 Å². The second kappa shape index (κ2) is 7.79. The Morgan fingerprint density at radius 1 is 1.18 bits per heavy atom. The van der Waals surface area contributed by atoms with Crippen molar-refractivity contribution in [3.8, 4) is 11.3 Å². The molecular formula is C19H19ClF3N5.